The highest BCUT2D eigenvalue weighted by Crippen LogP contribution is 2.27. The fourth-order valence-electron chi connectivity index (χ4n) is 3.00. The van der Waals surface area contributed by atoms with Gasteiger partial charge in [0.05, 0.1) is 25.5 Å². The Kier molecular flexibility index (Phi) is 8.55. The maximum Gasteiger partial charge on any atom is 0.296 e. The Labute approximate surface area is 181 Å². The molecule has 0 aliphatic heterocycles. The number of Topliss-reactive ketones (excluding diaryl/α,β-unsaturated/α-hetero) is 1. The third-order valence-corrected chi connectivity index (χ3v) is 5.43. The number of nitrogens with one attached hydrogen (secondary N) is 1. The average molecular weight is 451 g/mol. The summed E-state index contributed by atoms with van der Waals surface area (Å²) in [5.41, 5.74) is -0.185. The van der Waals surface area contributed by atoms with Gasteiger partial charge in [-0.1, -0.05) is 18.2 Å². The molecular formula is C21H25NO8S. The van der Waals surface area contributed by atoms with Gasteiger partial charge in [-0.2, -0.15) is 8.42 Å². The van der Waals surface area contributed by atoms with Gasteiger partial charge in [-0.15, -0.1) is 0 Å². The van der Waals surface area contributed by atoms with Crippen molar-refractivity contribution in [2.75, 3.05) is 26.1 Å². The summed E-state index contributed by atoms with van der Waals surface area (Å²) in [6.45, 7) is 1.43. The Morgan fingerprint density at radius 2 is 1.74 bits per heavy atom. The van der Waals surface area contributed by atoms with Gasteiger partial charge in [-0.25, -0.2) is 0 Å². The van der Waals surface area contributed by atoms with E-state index in [1.165, 1.54) is 33.3 Å². The molecule has 2 aromatic carbocycles. The maximum absolute atomic E-state index is 12.9. The van der Waals surface area contributed by atoms with Crippen molar-refractivity contribution in [3.63, 3.8) is 0 Å². The molecule has 2 atom stereocenters. The van der Waals surface area contributed by atoms with Crippen molar-refractivity contribution in [3.8, 4) is 11.5 Å². The molecule has 9 nitrogen and oxygen atoms in total. The number of hydrogen-bond donors (Lipinski definition) is 2. The minimum absolute atomic E-state index is 0.168. The lowest BCUT2D eigenvalue weighted by atomic mass is 9.94. The highest BCUT2D eigenvalue weighted by molar-refractivity contribution is 7.86. The van der Waals surface area contributed by atoms with Crippen LogP contribution >= 0.6 is 0 Å². The van der Waals surface area contributed by atoms with Crippen LogP contribution in [0.25, 0.3) is 0 Å². The van der Waals surface area contributed by atoms with Crippen molar-refractivity contribution in [3.05, 3.63) is 48.5 Å². The molecular weight excluding hydrogens is 426 g/mol. The van der Waals surface area contributed by atoms with Crippen molar-refractivity contribution in [1.29, 1.82) is 0 Å². The van der Waals surface area contributed by atoms with Crippen molar-refractivity contribution >= 4 is 27.5 Å². The molecule has 0 spiro atoms. The number of carbonyl (C=O) groups is 2. The third-order valence-electron chi connectivity index (χ3n) is 4.53. The standard InChI is InChI=1S/C21H25NO8S/c1-14(23)20(18(29-3)11-12-30-15-7-5-4-6-8-15)21(24)22-17-10-9-16(28-2)13-19(17)31(25,26)27/h4-10,13,18,20H,11-12H2,1-3H3,(H,22,24)(H,25,26,27). The van der Waals surface area contributed by atoms with E-state index in [1.807, 2.05) is 18.2 Å². The summed E-state index contributed by atoms with van der Waals surface area (Å²) in [6.07, 6.45) is -0.578. The van der Waals surface area contributed by atoms with Gasteiger partial charge in [0, 0.05) is 19.6 Å². The van der Waals surface area contributed by atoms with Crippen LogP contribution in [-0.2, 0) is 24.4 Å². The zero-order chi connectivity index (χ0) is 23.0. The number of benzene rings is 2. The van der Waals surface area contributed by atoms with E-state index < -0.39 is 38.7 Å². The number of hydrogen-bond acceptors (Lipinski definition) is 7. The van der Waals surface area contributed by atoms with Crippen molar-refractivity contribution < 1.29 is 36.8 Å². The summed E-state index contributed by atoms with van der Waals surface area (Å²) in [5, 5.41) is 2.40. The third kappa shape index (κ3) is 6.78. The van der Waals surface area contributed by atoms with E-state index in [9.17, 15) is 22.6 Å². The lowest BCUT2D eigenvalue weighted by molar-refractivity contribution is -0.136. The summed E-state index contributed by atoms with van der Waals surface area (Å²) < 4.78 is 48.8. The first-order chi connectivity index (χ1) is 14.7. The first kappa shape index (κ1) is 24.3. The number of amides is 1. The zero-order valence-electron chi connectivity index (χ0n) is 17.4. The fraction of sp³-hybridized carbons (Fsp3) is 0.333. The first-order valence-corrected chi connectivity index (χ1v) is 10.8. The zero-order valence-corrected chi connectivity index (χ0v) is 18.2. The molecule has 0 aliphatic rings. The van der Waals surface area contributed by atoms with Crippen molar-refractivity contribution in [2.24, 2.45) is 5.92 Å². The largest absolute Gasteiger partial charge is 0.497 e. The van der Waals surface area contributed by atoms with E-state index >= 15 is 0 Å². The predicted octanol–water partition coefficient (Wildman–Crippen LogP) is 2.57. The van der Waals surface area contributed by atoms with E-state index in [0.717, 1.165) is 6.07 Å². The fourth-order valence-corrected chi connectivity index (χ4v) is 3.66. The number of methoxy groups -OCH3 is 2. The van der Waals surface area contributed by atoms with E-state index in [1.54, 1.807) is 12.1 Å². The second kappa shape index (κ2) is 10.9. The minimum Gasteiger partial charge on any atom is -0.497 e. The number of para-hydroxylation sites is 1. The highest BCUT2D eigenvalue weighted by Gasteiger charge is 2.33. The van der Waals surface area contributed by atoms with Crippen molar-refractivity contribution in [1.82, 2.24) is 0 Å². The normalized spacial score (nSPS) is 13.2. The number of ether oxygens (including phenoxy) is 3. The summed E-state index contributed by atoms with van der Waals surface area (Å²) in [4.78, 5) is 24.5. The van der Waals surface area contributed by atoms with Crippen LogP contribution in [0.5, 0.6) is 11.5 Å². The smallest absolute Gasteiger partial charge is 0.296 e. The second-order valence-corrected chi connectivity index (χ2v) is 8.03. The molecule has 31 heavy (non-hydrogen) atoms. The van der Waals surface area contributed by atoms with Crippen LogP contribution in [0, 0.1) is 5.92 Å². The molecule has 0 saturated carbocycles. The lowest BCUT2D eigenvalue weighted by Crippen LogP contribution is -2.39. The van der Waals surface area contributed by atoms with Gasteiger partial charge in [0.1, 0.15) is 28.1 Å². The van der Waals surface area contributed by atoms with Crippen LogP contribution in [0.15, 0.2) is 53.4 Å². The van der Waals surface area contributed by atoms with Gasteiger partial charge in [0.25, 0.3) is 10.1 Å². The second-order valence-electron chi connectivity index (χ2n) is 6.64. The van der Waals surface area contributed by atoms with Gasteiger partial charge < -0.3 is 19.5 Å². The van der Waals surface area contributed by atoms with E-state index in [4.69, 9.17) is 14.2 Å². The monoisotopic (exact) mass is 451 g/mol. The van der Waals surface area contributed by atoms with Crippen LogP contribution in [0.2, 0.25) is 0 Å². The Balaban J connectivity index is 2.18. The lowest BCUT2D eigenvalue weighted by Gasteiger charge is -2.24. The summed E-state index contributed by atoms with van der Waals surface area (Å²) in [6, 6.07) is 12.8. The van der Waals surface area contributed by atoms with Gasteiger partial charge in [0.2, 0.25) is 5.91 Å². The van der Waals surface area contributed by atoms with E-state index in [2.05, 4.69) is 5.32 Å². The number of anilines is 1. The predicted molar refractivity (Wildman–Crippen MR) is 113 cm³/mol. The molecule has 0 aliphatic carbocycles. The molecule has 0 aromatic heterocycles. The molecule has 0 bridgehead atoms. The van der Waals surface area contributed by atoms with Crippen LogP contribution < -0.4 is 14.8 Å². The Hall–Kier alpha value is -2.95. The van der Waals surface area contributed by atoms with Gasteiger partial charge in [-0.05, 0) is 31.2 Å². The summed E-state index contributed by atoms with van der Waals surface area (Å²) in [5.74, 6) is -1.65. The molecule has 2 aromatic rings. The van der Waals surface area contributed by atoms with E-state index in [-0.39, 0.29) is 24.5 Å². The maximum atomic E-state index is 12.9. The molecule has 0 saturated heterocycles. The number of rotatable bonds is 11. The average Bonchev–Trinajstić information content (AvgIpc) is 2.72. The molecule has 0 fully saturated rings. The molecule has 2 unspecified atom stereocenters. The molecule has 1 amide bonds. The molecule has 0 heterocycles. The van der Waals surface area contributed by atoms with Crippen LogP contribution in [0.1, 0.15) is 13.3 Å². The van der Waals surface area contributed by atoms with Crippen molar-refractivity contribution in [2.45, 2.75) is 24.3 Å². The Morgan fingerprint density at radius 3 is 2.29 bits per heavy atom. The van der Waals surface area contributed by atoms with Gasteiger partial charge in [0.15, 0.2) is 0 Å². The molecule has 10 heteroatoms. The minimum atomic E-state index is -4.66. The van der Waals surface area contributed by atoms with Gasteiger partial charge in [-0.3, -0.25) is 14.1 Å². The van der Waals surface area contributed by atoms with Gasteiger partial charge >= 0.3 is 0 Å². The topological polar surface area (TPSA) is 128 Å². The summed E-state index contributed by atoms with van der Waals surface area (Å²) >= 11 is 0. The van der Waals surface area contributed by atoms with Crippen LogP contribution in [0.3, 0.4) is 0 Å². The highest BCUT2D eigenvalue weighted by atomic mass is 32.2. The molecule has 0 radical (unpaired) electrons. The summed E-state index contributed by atoms with van der Waals surface area (Å²) in [7, 11) is -1.96. The molecule has 2 N–H and O–H groups in total. The number of ketones is 1. The number of carbonyl (C=O) groups excluding carboxylic acids is 2. The van der Waals surface area contributed by atoms with E-state index in [0.29, 0.717) is 5.75 Å². The van der Waals surface area contributed by atoms with Crippen LogP contribution in [-0.4, -0.2) is 51.6 Å². The Morgan fingerprint density at radius 1 is 1.06 bits per heavy atom. The molecule has 2 rings (SSSR count). The first-order valence-electron chi connectivity index (χ1n) is 9.35. The Bertz CT molecular complexity index is 1010. The molecule has 168 valence electrons. The quantitative estimate of drug-likeness (QED) is 0.394. The SMILES string of the molecule is COc1ccc(NC(=O)C(C(C)=O)C(CCOc2ccccc2)OC)c(S(=O)(=O)O)c1. The van der Waals surface area contributed by atoms with Crippen LogP contribution in [0.4, 0.5) is 5.69 Å².